The third-order valence-electron chi connectivity index (χ3n) is 2.76. The van der Waals surface area contributed by atoms with E-state index >= 15 is 0 Å². The summed E-state index contributed by atoms with van der Waals surface area (Å²) in [5.74, 6) is -0.106. The Morgan fingerprint density at radius 1 is 1.31 bits per heavy atom. The number of rotatable bonds is 3. The summed E-state index contributed by atoms with van der Waals surface area (Å²) < 4.78 is 23.1. The average Bonchev–Trinajstić information content (AvgIpc) is 2.73. The van der Waals surface area contributed by atoms with E-state index in [1.165, 1.54) is 0 Å². The predicted molar refractivity (Wildman–Crippen MR) is 65.8 cm³/mol. The second kappa shape index (κ2) is 3.90. The molecule has 5 heteroatoms. The molecule has 0 aliphatic heterocycles. The molecule has 0 saturated heterocycles. The van der Waals surface area contributed by atoms with Crippen molar-refractivity contribution in [2.45, 2.75) is 22.6 Å². The van der Waals surface area contributed by atoms with Crippen LogP contribution in [0.5, 0.6) is 0 Å². The molecule has 0 spiro atoms. The Bertz CT molecular complexity index is 491. The lowest BCUT2D eigenvalue weighted by molar-refractivity contribution is 0.592. The van der Waals surface area contributed by atoms with E-state index in [0.717, 1.165) is 5.56 Å². The largest absolute Gasteiger partial charge is 0.224 e. The molecule has 1 aliphatic rings. The van der Waals surface area contributed by atoms with Gasteiger partial charge in [0.25, 0.3) is 0 Å². The number of halogens is 2. The van der Waals surface area contributed by atoms with E-state index < -0.39 is 14.2 Å². The molecule has 0 aromatic heterocycles. The van der Waals surface area contributed by atoms with Gasteiger partial charge in [0.15, 0.2) is 9.84 Å². The number of aryl methyl sites for hydroxylation is 1. The monoisotopic (exact) mass is 278 g/mol. The van der Waals surface area contributed by atoms with Gasteiger partial charge in [-0.05, 0) is 25.5 Å². The maximum absolute atomic E-state index is 12.0. The summed E-state index contributed by atoms with van der Waals surface area (Å²) >= 11 is 11.7. The smallest absolute Gasteiger partial charge is 0.178 e. The van der Waals surface area contributed by atoms with Crippen molar-refractivity contribution in [2.24, 2.45) is 5.92 Å². The predicted octanol–water partition coefficient (Wildman–Crippen LogP) is 2.96. The van der Waals surface area contributed by atoms with Crippen LogP contribution in [0.1, 0.15) is 12.0 Å². The summed E-state index contributed by atoms with van der Waals surface area (Å²) in [5, 5.41) is 0. The molecule has 0 heterocycles. The van der Waals surface area contributed by atoms with E-state index in [1.807, 2.05) is 6.92 Å². The van der Waals surface area contributed by atoms with E-state index in [1.54, 1.807) is 24.3 Å². The first kappa shape index (κ1) is 12.2. The molecule has 0 unspecified atom stereocenters. The fourth-order valence-electron chi connectivity index (χ4n) is 1.56. The van der Waals surface area contributed by atoms with Crippen molar-refractivity contribution in [1.82, 2.24) is 0 Å². The van der Waals surface area contributed by atoms with Crippen LogP contribution in [-0.2, 0) is 9.84 Å². The van der Waals surface area contributed by atoms with Crippen LogP contribution >= 0.6 is 23.2 Å². The first-order valence-electron chi connectivity index (χ1n) is 4.98. The van der Waals surface area contributed by atoms with Crippen LogP contribution in [0.3, 0.4) is 0 Å². The summed E-state index contributed by atoms with van der Waals surface area (Å²) in [4.78, 5) is 0.342. The lowest BCUT2D eigenvalue weighted by atomic mass is 10.2. The molecule has 1 aliphatic carbocycles. The van der Waals surface area contributed by atoms with Gasteiger partial charge in [0.1, 0.15) is 4.33 Å². The number of sulfone groups is 1. The minimum absolute atomic E-state index is 0.0308. The molecule has 16 heavy (non-hydrogen) atoms. The first-order valence-corrected chi connectivity index (χ1v) is 7.39. The van der Waals surface area contributed by atoms with Crippen LogP contribution in [0, 0.1) is 12.8 Å². The summed E-state index contributed by atoms with van der Waals surface area (Å²) in [6, 6.07) is 6.82. The fraction of sp³-hybridized carbons (Fsp3) is 0.455. The lowest BCUT2D eigenvalue weighted by Crippen LogP contribution is -2.11. The molecule has 2 rings (SSSR count). The molecule has 1 saturated carbocycles. The first-order chi connectivity index (χ1) is 7.31. The SMILES string of the molecule is Cc1ccc(S(=O)(=O)C[C@H]2CC2(Cl)Cl)cc1. The van der Waals surface area contributed by atoms with Crippen LogP contribution in [-0.4, -0.2) is 18.5 Å². The molecule has 1 atom stereocenters. The molecule has 1 fully saturated rings. The number of hydrogen-bond acceptors (Lipinski definition) is 2. The van der Waals surface area contributed by atoms with E-state index in [9.17, 15) is 8.42 Å². The molecule has 88 valence electrons. The minimum Gasteiger partial charge on any atom is -0.224 e. The summed E-state index contributed by atoms with van der Waals surface area (Å²) in [7, 11) is -3.25. The minimum atomic E-state index is -3.25. The Balaban J connectivity index is 2.17. The van der Waals surface area contributed by atoms with Crippen molar-refractivity contribution in [1.29, 1.82) is 0 Å². The Hall–Kier alpha value is -0.250. The highest BCUT2D eigenvalue weighted by Gasteiger charge is 2.53. The standard InChI is InChI=1S/C11H12Cl2O2S/c1-8-2-4-10(5-3-8)16(14,15)7-9-6-11(9,12)13/h2-5,9H,6-7H2,1H3/t9-/m1/s1. The van der Waals surface area contributed by atoms with E-state index in [2.05, 4.69) is 0 Å². The quantitative estimate of drug-likeness (QED) is 0.797. The Morgan fingerprint density at radius 3 is 2.25 bits per heavy atom. The third-order valence-corrected chi connectivity index (χ3v) is 5.51. The number of alkyl halides is 2. The van der Waals surface area contributed by atoms with Gasteiger partial charge in [-0.3, -0.25) is 0 Å². The van der Waals surface area contributed by atoms with Crippen molar-refractivity contribution in [2.75, 3.05) is 5.75 Å². The molecule has 0 radical (unpaired) electrons. The molecule has 0 bridgehead atoms. The topological polar surface area (TPSA) is 34.1 Å². The van der Waals surface area contributed by atoms with Gasteiger partial charge < -0.3 is 0 Å². The van der Waals surface area contributed by atoms with Crippen LogP contribution in [0.2, 0.25) is 0 Å². The molecule has 0 amide bonds. The highest BCUT2D eigenvalue weighted by atomic mass is 35.5. The second-order valence-corrected chi connectivity index (χ2v) is 7.83. The van der Waals surface area contributed by atoms with Gasteiger partial charge in [0.2, 0.25) is 0 Å². The van der Waals surface area contributed by atoms with Gasteiger partial charge in [-0.1, -0.05) is 17.7 Å². The van der Waals surface area contributed by atoms with Gasteiger partial charge >= 0.3 is 0 Å². The molecule has 1 aromatic rings. The molecule has 2 nitrogen and oxygen atoms in total. The third kappa shape index (κ3) is 2.53. The highest BCUT2D eigenvalue weighted by molar-refractivity contribution is 7.91. The fourth-order valence-corrected chi connectivity index (χ4v) is 3.94. The normalized spacial score (nSPS) is 23.1. The van der Waals surface area contributed by atoms with Crippen molar-refractivity contribution in [3.8, 4) is 0 Å². The maximum Gasteiger partial charge on any atom is 0.178 e. The van der Waals surface area contributed by atoms with Crippen LogP contribution in [0.25, 0.3) is 0 Å². The van der Waals surface area contributed by atoms with Crippen molar-refractivity contribution < 1.29 is 8.42 Å². The Morgan fingerprint density at radius 2 is 1.81 bits per heavy atom. The maximum atomic E-state index is 12.0. The van der Waals surface area contributed by atoms with Gasteiger partial charge in [-0.15, -0.1) is 23.2 Å². The highest BCUT2D eigenvalue weighted by Crippen LogP contribution is 2.53. The Labute approximate surface area is 105 Å². The summed E-state index contributed by atoms with van der Waals surface area (Å²) in [6.07, 6.45) is 0.557. The number of benzene rings is 1. The van der Waals surface area contributed by atoms with Gasteiger partial charge in [0.05, 0.1) is 10.6 Å². The van der Waals surface area contributed by atoms with Crippen molar-refractivity contribution >= 4 is 33.0 Å². The lowest BCUT2D eigenvalue weighted by Gasteiger charge is -2.04. The number of hydrogen-bond donors (Lipinski definition) is 0. The second-order valence-electron chi connectivity index (χ2n) is 4.26. The van der Waals surface area contributed by atoms with E-state index in [-0.39, 0.29) is 11.7 Å². The Kier molecular flexibility index (Phi) is 2.97. The summed E-state index contributed by atoms with van der Waals surface area (Å²) in [6.45, 7) is 1.92. The zero-order valence-electron chi connectivity index (χ0n) is 8.78. The average molecular weight is 279 g/mol. The molecule has 0 N–H and O–H groups in total. The van der Waals surface area contributed by atoms with Crippen LogP contribution < -0.4 is 0 Å². The molecular weight excluding hydrogens is 267 g/mol. The van der Waals surface area contributed by atoms with Gasteiger partial charge in [-0.25, -0.2) is 8.42 Å². The molecule has 1 aromatic carbocycles. The van der Waals surface area contributed by atoms with Crippen LogP contribution in [0.4, 0.5) is 0 Å². The zero-order valence-corrected chi connectivity index (χ0v) is 11.1. The van der Waals surface area contributed by atoms with E-state index in [4.69, 9.17) is 23.2 Å². The zero-order chi connectivity index (χ0) is 12.0. The van der Waals surface area contributed by atoms with Crippen LogP contribution in [0.15, 0.2) is 29.2 Å². The molecular formula is C11H12Cl2O2S. The van der Waals surface area contributed by atoms with Crippen molar-refractivity contribution in [3.05, 3.63) is 29.8 Å². The van der Waals surface area contributed by atoms with E-state index in [0.29, 0.717) is 11.3 Å². The van der Waals surface area contributed by atoms with Gasteiger partial charge in [-0.2, -0.15) is 0 Å². The van der Waals surface area contributed by atoms with Gasteiger partial charge in [0, 0.05) is 5.92 Å². The van der Waals surface area contributed by atoms with Crippen molar-refractivity contribution in [3.63, 3.8) is 0 Å². The summed E-state index contributed by atoms with van der Waals surface area (Å²) in [5.41, 5.74) is 1.04.